The van der Waals surface area contributed by atoms with Crippen LogP contribution in [0.5, 0.6) is 0 Å². The van der Waals surface area contributed by atoms with Crippen LogP contribution in [0.4, 0.5) is 4.39 Å². The molecule has 0 bridgehead atoms. The highest BCUT2D eigenvalue weighted by molar-refractivity contribution is 7.11. The average Bonchev–Trinajstić information content (AvgIpc) is 2.73. The smallest absolute Gasteiger partial charge is 0.272 e. The van der Waals surface area contributed by atoms with Gasteiger partial charge in [0.2, 0.25) is 5.95 Å². The quantitative estimate of drug-likeness (QED) is 0.800. The summed E-state index contributed by atoms with van der Waals surface area (Å²) in [6, 6.07) is 4.18. The van der Waals surface area contributed by atoms with Crippen molar-refractivity contribution >= 4 is 17.2 Å². The van der Waals surface area contributed by atoms with E-state index >= 15 is 0 Å². The summed E-state index contributed by atoms with van der Waals surface area (Å²) < 4.78 is 12.9. The van der Waals surface area contributed by atoms with Gasteiger partial charge in [0.25, 0.3) is 5.91 Å². The molecule has 0 atom stereocenters. The minimum atomic E-state index is -0.650. The summed E-state index contributed by atoms with van der Waals surface area (Å²) in [5, 5.41) is 0.953. The maximum Gasteiger partial charge on any atom is 0.272 e. The fourth-order valence-electron chi connectivity index (χ4n) is 1.51. The predicted octanol–water partition coefficient (Wildman–Crippen LogP) is 2.26. The van der Waals surface area contributed by atoms with Crippen LogP contribution in [-0.2, 0) is 6.54 Å². The lowest BCUT2D eigenvalue weighted by atomic mass is 10.3. The highest BCUT2D eigenvalue weighted by Gasteiger charge is 2.14. The molecule has 94 valence electrons. The summed E-state index contributed by atoms with van der Waals surface area (Å²) in [5.41, 5.74) is 0.110. The molecular weight excluding hydrogens is 253 g/mol. The molecule has 0 aliphatic carbocycles. The number of nitrogens with zero attached hydrogens (tertiary/aromatic N) is 3. The minimum absolute atomic E-state index is 0.110. The molecule has 1 amide bonds. The molecule has 0 aliphatic heterocycles. The maximum absolute atomic E-state index is 12.9. The Bertz CT molecular complexity index is 570. The summed E-state index contributed by atoms with van der Waals surface area (Å²) in [6.45, 7) is 2.35. The number of amides is 1. The molecule has 18 heavy (non-hydrogen) atoms. The molecule has 2 heterocycles. The number of aryl methyl sites for hydroxylation is 1. The van der Waals surface area contributed by atoms with E-state index in [0.29, 0.717) is 6.54 Å². The summed E-state index contributed by atoms with van der Waals surface area (Å²) in [5.74, 6) is -0.955. The SMILES string of the molecule is Cc1ncc(CN(C)C(=O)c2cccc(F)n2)s1. The number of rotatable bonds is 3. The largest absolute Gasteiger partial charge is 0.335 e. The molecule has 0 fully saturated rings. The van der Waals surface area contributed by atoms with Crippen molar-refractivity contribution in [1.82, 2.24) is 14.9 Å². The van der Waals surface area contributed by atoms with E-state index in [9.17, 15) is 9.18 Å². The van der Waals surface area contributed by atoms with Crippen LogP contribution in [0.1, 0.15) is 20.4 Å². The molecule has 2 aromatic heterocycles. The second kappa shape index (κ2) is 5.22. The molecule has 6 heteroatoms. The van der Waals surface area contributed by atoms with Gasteiger partial charge < -0.3 is 4.90 Å². The van der Waals surface area contributed by atoms with E-state index in [1.165, 1.54) is 34.4 Å². The van der Waals surface area contributed by atoms with E-state index in [4.69, 9.17) is 0 Å². The van der Waals surface area contributed by atoms with E-state index in [2.05, 4.69) is 9.97 Å². The molecule has 2 aromatic rings. The van der Waals surface area contributed by atoms with Gasteiger partial charge in [-0.25, -0.2) is 9.97 Å². The second-order valence-electron chi connectivity index (χ2n) is 3.85. The van der Waals surface area contributed by atoms with Crippen LogP contribution in [0.25, 0.3) is 0 Å². The van der Waals surface area contributed by atoms with Gasteiger partial charge in [-0.15, -0.1) is 11.3 Å². The van der Waals surface area contributed by atoms with Crippen molar-refractivity contribution in [2.45, 2.75) is 13.5 Å². The molecule has 2 rings (SSSR count). The van der Waals surface area contributed by atoms with Crippen molar-refractivity contribution in [2.24, 2.45) is 0 Å². The Hall–Kier alpha value is -1.82. The average molecular weight is 265 g/mol. The molecule has 0 unspecified atom stereocenters. The standard InChI is InChI=1S/C12H12FN3OS/c1-8-14-6-9(18-8)7-16(2)12(17)10-4-3-5-11(13)15-10/h3-6H,7H2,1-2H3. The molecule has 0 saturated carbocycles. The Labute approximate surface area is 108 Å². The third-order valence-corrected chi connectivity index (χ3v) is 3.24. The number of hydrogen-bond donors (Lipinski definition) is 0. The van der Waals surface area contributed by atoms with Gasteiger partial charge in [-0.3, -0.25) is 4.79 Å². The van der Waals surface area contributed by atoms with E-state index in [0.717, 1.165) is 9.88 Å². The third kappa shape index (κ3) is 2.89. The van der Waals surface area contributed by atoms with Gasteiger partial charge >= 0.3 is 0 Å². The summed E-state index contributed by atoms with van der Waals surface area (Å²) >= 11 is 1.53. The monoisotopic (exact) mass is 265 g/mol. The highest BCUT2D eigenvalue weighted by atomic mass is 32.1. The minimum Gasteiger partial charge on any atom is -0.335 e. The van der Waals surface area contributed by atoms with Crippen LogP contribution in [-0.4, -0.2) is 27.8 Å². The van der Waals surface area contributed by atoms with Crippen molar-refractivity contribution in [3.05, 3.63) is 45.9 Å². The topological polar surface area (TPSA) is 46.1 Å². The lowest BCUT2D eigenvalue weighted by molar-refractivity contribution is 0.0779. The maximum atomic E-state index is 12.9. The summed E-state index contributed by atoms with van der Waals surface area (Å²) in [7, 11) is 1.66. The Morgan fingerprint density at radius 1 is 1.50 bits per heavy atom. The van der Waals surface area contributed by atoms with Gasteiger partial charge in [-0.2, -0.15) is 4.39 Å². The van der Waals surface area contributed by atoms with E-state index in [1.807, 2.05) is 6.92 Å². The summed E-state index contributed by atoms with van der Waals surface area (Å²) in [4.78, 5) is 22.2. The van der Waals surface area contributed by atoms with Crippen molar-refractivity contribution < 1.29 is 9.18 Å². The summed E-state index contributed by atoms with van der Waals surface area (Å²) in [6.07, 6.45) is 1.74. The van der Waals surface area contributed by atoms with Crippen molar-refractivity contribution in [3.63, 3.8) is 0 Å². The first-order chi connectivity index (χ1) is 8.56. The fraction of sp³-hybridized carbons (Fsp3) is 0.250. The van der Waals surface area contributed by atoms with Gasteiger partial charge in [0, 0.05) is 18.1 Å². The van der Waals surface area contributed by atoms with Gasteiger partial charge in [0.1, 0.15) is 5.69 Å². The number of hydrogen-bond acceptors (Lipinski definition) is 4. The van der Waals surface area contributed by atoms with Gasteiger partial charge in [-0.05, 0) is 19.1 Å². The highest BCUT2D eigenvalue weighted by Crippen LogP contribution is 2.14. The van der Waals surface area contributed by atoms with Crippen LogP contribution in [0.15, 0.2) is 24.4 Å². The Kier molecular flexibility index (Phi) is 3.66. The first kappa shape index (κ1) is 12.6. The Morgan fingerprint density at radius 3 is 2.89 bits per heavy atom. The lowest BCUT2D eigenvalue weighted by Crippen LogP contribution is -2.26. The number of pyridine rings is 1. The van der Waals surface area contributed by atoms with Crippen molar-refractivity contribution in [1.29, 1.82) is 0 Å². The number of thiazole rings is 1. The fourth-order valence-corrected chi connectivity index (χ4v) is 2.36. The normalized spacial score (nSPS) is 10.4. The molecule has 0 spiro atoms. The number of carbonyl (C=O) groups excluding carboxylic acids is 1. The van der Waals surface area contributed by atoms with Crippen LogP contribution >= 0.6 is 11.3 Å². The zero-order valence-electron chi connectivity index (χ0n) is 10.1. The number of aromatic nitrogens is 2. The lowest BCUT2D eigenvalue weighted by Gasteiger charge is -2.15. The molecule has 0 aliphatic rings. The molecule has 0 aromatic carbocycles. The number of halogens is 1. The van der Waals surface area contributed by atoms with Gasteiger partial charge in [-0.1, -0.05) is 6.07 Å². The van der Waals surface area contributed by atoms with Crippen LogP contribution in [0.2, 0.25) is 0 Å². The Balaban J connectivity index is 2.09. The third-order valence-electron chi connectivity index (χ3n) is 2.34. The number of carbonyl (C=O) groups is 1. The second-order valence-corrected chi connectivity index (χ2v) is 5.17. The van der Waals surface area contributed by atoms with Gasteiger partial charge in [0.05, 0.1) is 11.6 Å². The van der Waals surface area contributed by atoms with Crippen LogP contribution < -0.4 is 0 Å². The molecular formula is C12H12FN3OS. The first-order valence-electron chi connectivity index (χ1n) is 5.35. The first-order valence-corrected chi connectivity index (χ1v) is 6.17. The van der Waals surface area contributed by atoms with Crippen molar-refractivity contribution in [3.8, 4) is 0 Å². The van der Waals surface area contributed by atoms with Crippen molar-refractivity contribution in [2.75, 3.05) is 7.05 Å². The van der Waals surface area contributed by atoms with E-state index < -0.39 is 5.95 Å². The zero-order valence-corrected chi connectivity index (χ0v) is 10.9. The van der Waals surface area contributed by atoms with E-state index in [-0.39, 0.29) is 11.6 Å². The zero-order chi connectivity index (χ0) is 13.1. The van der Waals surface area contributed by atoms with E-state index in [1.54, 1.807) is 13.2 Å². The van der Waals surface area contributed by atoms with Crippen LogP contribution in [0.3, 0.4) is 0 Å². The van der Waals surface area contributed by atoms with Crippen LogP contribution in [0, 0.1) is 12.9 Å². The molecule has 0 N–H and O–H groups in total. The molecule has 0 radical (unpaired) electrons. The Morgan fingerprint density at radius 2 is 2.28 bits per heavy atom. The molecule has 4 nitrogen and oxygen atoms in total. The van der Waals surface area contributed by atoms with Gasteiger partial charge in [0.15, 0.2) is 0 Å². The predicted molar refractivity (Wildman–Crippen MR) is 66.8 cm³/mol. The molecule has 0 saturated heterocycles.